The molecule has 1 aromatic heterocycles. The van der Waals surface area contributed by atoms with Crippen LogP contribution in [0.2, 0.25) is 0 Å². The molecule has 2 aromatic rings. The van der Waals surface area contributed by atoms with Crippen LogP contribution in [-0.4, -0.2) is 15.0 Å². The van der Waals surface area contributed by atoms with Gasteiger partial charge in [-0.25, -0.2) is 0 Å². The lowest BCUT2D eigenvalue weighted by atomic mass is 10.1. The van der Waals surface area contributed by atoms with Crippen molar-refractivity contribution in [3.8, 4) is 5.69 Å². The van der Waals surface area contributed by atoms with Crippen LogP contribution in [0.4, 0.5) is 5.82 Å². The average Bonchev–Trinajstić information content (AvgIpc) is 2.60. The van der Waals surface area contributed by atoms with Crippen molar-refractivity contribution in [2.24, 2.45) is 0 Å². The molecule has 0 radical (unpaired) electrons. The van der Waals surface area contributed by atoms with Gasteiger partial charge >= 0.3 is 0 Å². The van der Waals surface area contributed by atoms with Crippen molar-refractivity contribution < 1.29 is 0 Å². The third-order valence-corrected chi connectivity index (χ3v) is 2.53. The van der Waals surface area contributed by atoms with E-state index in [4.69, 9.17) is 5.73 Å². The third-order valence-electron chi connectivity index (χ3n) is 2.53. The zero-order valence-electron chi connectivity index (χ0n) is 9.81. The molecule has 2 rings (SSSR count). The summed E-state index contributed by atoms with van der Waals surface area (Å²) < 4.78 is 1.68. The molecule has 0 fully saturated rings. The Morgan fingerprint density at radius 1 is 1.31 bits per heavy atom. The first-order chi connectivity index (χ1) is 7.59. The van der Waals surface area contributed by atoms with E-state index in [-0.39, 0.29) is 0 Å². The Labute approximate surface area is 95.1 Å². The summed E-state index contributed by atoms with van der Waals surface area (Å²) in [6, 6.07) is 8.04. The normalized spacial score (nSPS) is 11.0. The molecular weight excluding hydrogens is 200 g/mol. The van der Waals surface area contributed by atoms with E-state index in [0.717, 1.165) is 11.4 Å². The van der Waals surface area contributed by atoms with Crippen LogP contribution in [-0.2, 0) is 0 Å². The van der Waals surface area contributed by atoms with Gasteiger partial charge in [-0.05, 0) is 24.6 Å². The van der Waals surface area contributed by atoms with Crippen LogP contribution in [0.25, 0.3) is 5.69 Å². The second-order valence-corrected chi connectivity index (χ2v) is 4.27. The second-order valence-electron chi connectivity index (χ2n) is 4.27. The van der Waals surface area contributed by atoms with Crippen LogP contribution in [0.15, 0.2) is 24.3 Å². The van der Waals surface area contributed by atoms with Crippen molar-refractivity contribution >= 4 is 5.82 Å². The molecule has 0 saturated heterocycles. The Bertz CT molecular complexity index is 499. The van der Waals surface area contributed by atoms with Crippen molar-refractivity contribution in [1.29, 1.82) is 0 Å². The van der Waals surface area contributed by atoms with E-state index in [1.807, 2.05) is 31.2 Å². The molecule has 16 heavy (non-hydrogen) atoms. The average molecular weight is 216 g/mol. The first-order valence-corrected chi connectivity index (χ1v) is 5.37. The largest absolute Gasteiger partial charge is 0.382 e. The SMILES string of the molecule is Cc1cccc(-n2nnc(C(C)C)c2N)c1. The molecule has 0 unspecified atom stereocenters. The summed E-state index contributed by atoms with van der Waals surface area (Å²) in [4.78, 5) is 0. The van der Waals surface area contributed by atoms with Crippen LogP contribution < -0.4 is 5.73 Å². The number of hydrogen-bond donors (Lipinski definition) is 1. The molecule has 0 aliphatic carbocycles. The minimum absolute atomic E-state index is 0.290. The molecular formula is C12H16N4. The molecule has 84 valence electrons. The molecule has 0 aliphatic heterocycles. The van der Waals surface area contributed by atoms with Gasteiger partial charge in [-0.3, -0.25) is 0 Å². The van der Waals surface area contributed by atoms with Crippen molar-refractivity contribution in [1.82, 2.24) is 15.0 Å². The Hall–Kier alpha value is -1.84. The van der Waals surface area contributed by atoms with Crippen LogP contribution in [0.5, 0.6) is 0 Å². The second kappa shape index (κ2) is 3.96. The topological polar surface area (TPSA) is 56.7 Å². The monoisotopic (exact) mass is 216 g/mol. The van der Waals surface area contributed by atoms with E-state index in [2.05, 4.69) is 24.2 Å². The first-order valence-electron chi connectivity index (χ1n) is 5.37. The number of rotatable bonds is 2. The lowest BCUT2D eigenvalue weighted by Gasteiger charge is -2.05. The number of benzene rings is 1. The van der Waals surface area contributed by atoms with Gasteiger partial charge < -0.3 is 5.73 Å². The van der Waals surface area contributed by atoms with E-state index < -0.39 is 0 Å². The fraction of sp³-hybridized carbons (Fsp3) is 0.333. The van der Waals surface area contributed by atoms with Gasteiger partial charge in [-0.1, -0.05) is 31.2 Å². The highest BCUT2D eigenvalue weighted by Gasteiger charge is 2.13. The minimum Gasteiger partial charge on any atom is -0.382 e. The molecule has 0 amide bonds. The van der Waals surface area contributed by atoms with E-state index >= 15 is 0 Å². The number of hydrogen-bond acceptors (Lipinski definition) is 3. The fourth-order valence-corrected chi connectivity index (χ4v) is 1.66. The Kier molecular flexibility index (Phi) is 2.64. The molecule has 4 nitrogen and oxygen atoms in total. The number of anilines is 1. The van der Waals surface area contributed by atoms with Crippen LogP contribution in [0.3, 0.4) is 0 Å². The number of aryl methyl sites for hydroxylation is 1. The summed E-state index contributed by atoms with van der Waals surface area (Å²) in [5.74, 6) is 0.916. The molecule has 1 heterocycles. The maximum atomic E-state index is 6.02. The molecule has 2 N–H and O–H groups in total. The van der Waals surface area contributed by atoms with Crippen molar-refractivity contribution in [3.05, 3.63) is 35.5 Å². The standard InChI is InChI=1S/C12H16N4/c1-8(2)11-12(13)16(15-14-11)10-6-4-5-9(3)7-10/h4-8H,13H2,1-3H3. The van der Waals surface area contributed by atoms with Crippen LogP contribution in [0.1, 0.15) is 31.0 Å². The highest BCUT2D eigenvalue weighted by atomic mass is 15.5. The zero-order valence-corrected chi connectivity index (χ0v) is 9.81. The molecule has 0 saturated carbocycles. The van der Waals surface area contributed by atoms with E-state index in [0.29, 0.717) is 11.7 Å². The van der Waals surface area contributed by atoms with Crippen LogP contribution in [0, 0.1) is 6.92 Å². The lowest BCUT2D eigenvalue weighted by molar-refractivity contribution is 0.776. The summed E-state index contributed by atoms with van der Waals surface area (Å²) in [6.45, 7) is 6.15. The lowest BCUT2D eigenvalue weighted by Crippen LogP contribution is -2.03. The molecule has 0 bridgehead atoms. The van der Waals surface area contributed by atoms with Gasteiger partial charge in [-0.2, -0.15) is 4.68 Å². The highest BCUT2D eigenvalue weighted by molar-refractivity contribution is 5.46. The maximum Gasteiger partial charge on any atom is 0.151 e. The van der Waals surface area contributed by atoms with E-state index in [1.54, 1.807) is 4.68 Å². The summed E-state index contributed by atoms with van der Waals surface area (Å²) >= 11 is 0. The predicted molar refractivity (Wildman–Crippen MR) is 64.6 cm³/mol. The predicted octanol–water partition coefficient (Wildman–Crippen LogP) is 2.28. The quantitative estimate of drug-likeness (QED) is 0.837. The van der Waals surface area contributed by atoms with Crippen molar-refractivity contribution in [2.75, 3.05) is 5.73 Å². The zero-order chi connectivity index (χ0) is 11.7. The Morgan fingerprint density at radius 3 is 2.62 bits per heavy atom. The minimum atomic E-state index is 0.290. The Balaban J connectivity index is 2.49. The van der Waals surface area contributed by atoms with Crippen molar-refractivity contribution in [3.63, 3.8) is 0 Å². The number of aromatic nitrogens is 3. The fourth-order valence-electron chi connectivity index (χ4n) is 1.66. The summed E-state index contributed by atoms with van der Waals surface area (Å²) in [5.41, 5.74) is 9.01. The maximum absolute atomic E-state index is 6.02. The van der Waals surface area contributed by atoms with Crippen molar-refractivity contribution in [2.45, 2.75) is 26.7 Å². The molecule has 4 heteroatoms. The van der Waals surface area contributed by atoms with Crippen LogP contribution >= 0.6 is 0 Å². The van der Waals surface area contributed by atoms with E-state index in [1.165, 1.54) is 5.56 Å². The summed E-state index contributed by atoms with van der Waals surface area (Å²) in [7, 11) is 0. The molecule has 1 aromatic carbocycles. The smallest absolute Gasteiger partial charge is 0.151 e. The molecule has 0 aliphatic rings. The summed E-state index contributed by atoms with van der Waals surface area (Å²) in [6.07, 6.45) is 0. The van der Waals surface area contributed by atoms with Gasteiger partial charge in [0.25, 0.3) is 0 Å². The van der Waals surface area contributed by atoms with Gasteiger partial charge in [0, 0.05) is 5.92 Å². The highest BCUT2D eigenvalue weighted by Crippen LogP contribution is 2.21. The Morgan fingerprint density at radius 2 is 2.06 bits per heavy atom. The number of nitrogen functional groups attached to an aromatic ring is 1. The van der Waals surface area contributed by atoms with Gasteiger partial charge in [-0.15, -0.1) is 5.10 Å². The molecule has 0 atom stereocenters. The number of nitrogens with two attached hydrogens (primary N) is 1. The summed E-state index contributed by atoms with van der Waals surface area (Å²) in [5, 5.41) is 8.20. The van der Waals surface area contributed by atoms with Gasteiger partial charge in [0.2, 0.25) is 0 Å². The third kappa shape index (κ3) is 1.78. The molecule has 0 spiro atoms. The first kappa shape index (κ1) is 10.7. The number of nitrogens with zero attached hydrogens (tertiary/aromatic N) is 3. The van der Waals surface area contributed by atoms with E-state index in [9.17, 15) is 0 Å². The van der Waals surface area contributed by atoms with Gasteiger partial charge in [0.15, 0.2) is 5.82 Å². The van der Waals surface area contributed by atoms with Gasteiger partial charge in [0.05, 0.1) is 5.69 Å². The van der Waals surface area contributed by atoms with Gasteiger partial charge in [0.1, 0.15) is 5.69 Å².